The summed E-state index contributed by atoms with van der Waals surface area (Å²) < 4.78 is 24.6. The van der Waals surface area contributed by atoms with E-state index in [1.165, 1.54) is 0 Å². The van der Waals surface area contributed by atoms with E-state index in [4.69, 9.17) is 10.4 Å². The monoisotopic (exact) mass is 296 g/mol. The summed E-state index contributed by atoms with van der Waals surface area (Å²) in [7, 11) is 0. The van der Waals surface area contributed by atoms with Gasteiger partial charge in [-0.15, -0.1) is 0 Å². The molecule has 0 unspecified atom stereocenters. The molecule has 0 amide bonds. The van der Waals surface area contributed by atoms with Crippen molar-refractivity contribution < 1.29 is 13.9 Å². The molecule has 1 rings (SSSR count). The first-order valence-electron chi connectivity index (χ1n) is 3.14. The third-order valence-electron chi connectivity index (χ3n) is 1.30. The van der Waals surface area contributed by atoms with Crippen molar-refractivity contribution in [2.45, 2.75) is 6.43 Å². The number of alkyl halides is 2. The molecule has 3 nitrogen and oxygen atoms in total. The van der Waals surface area contributed by atoms with Gasteiger partial charge < -0.3 is 5.11 Å². The van der Waals surface area contributed by atoms with Gasteiger partial charge in [0.25, 0.3) is 6.43 Å². The Morgan fingerprint density at radius 2 is 2.23 bits per heavy atom. The van der Waals surface area contributed by atoms with Crippen LogP contribution in [0.15, 0.2) is 6.07 Å². The molecule has 1 N–H and O–H groups in total. The lowest BCUT2D eigenvalue weighted by Gasteiger charge is -2.03. The maximum absolute atomic E-state index is 12.1. The van der Waals surface area contributed by atoms with Gasteiger partial charge in [0.15, 0.2) is 5.69 Å². The lowest BCUT2D eigenvalue weighted by atomic mass is 10.3. The van der Waals surface area contributed by atoms with Crippen molar-refractivity contribution in [3.8, 4) is 11.8 Å². The van der Waals surface area contributed by atoms with E-state index < -0.39 is 17.9 Å². The largest absolute Gasteiger partial charge is 0.506 e. The molecule has 1 heterocycles. The number of pyridine rings is 1. The van der Waals surface area contributed by atoms with Gasteiger partial charge in [-0.25, -0.2) is 13.8 Å². The number of hydrogen-bond donors (Lipinski definition) is 1. The van der Waals surface area contributed by atoms with Crippen molar-refractivity contribution in [3.63, 3.8) is 0 Å². The minimum absolute atomic E-state index is 0.103. The number of nitrogens with zero attached hydrogens (tertiary/aromatic N) is 2. The quantitative estimate of drug-likeness (QED) is 0.808. The van der Waals surface area contributed by atoms with E-state index in [2.05, 4.69) is 4.98 Å². The molecule has 68 valence electrons. The zero-order valence-electron chi connectivity index (χ0n) is 6.13. The summed E-state index contributed by atoms with van der Waals surface area (Å²) in [4.78, 5) is 3.32. The number of rotatable bonds is 1. The second kappa shape index (κ2) is 3.83. The molecule has 0 radical (unpaired) electrons. The highest BCUT2D eigenvalue weighted by molar-refractivity contribution is 14.1. The predicted octanol–water partition coefficient (Wildman–Crippen LogP) is 2.20. The van der Waals surface area contributed by atoms with Gasteiger partial charge in [0.05, 0.1) is 3.57 Å². The number of aromatic hydroxyl groups is 1. The highest BCUT2D eigenvalue weighted by atomic mass is 127. The average molecular weight is 296 g/mol. The molecule has 0 spiro atoms. The summed E-state index contributed by atoms with van der Waals surface area (Å²) in [6, 6.07) is 2.75. The Morgan fingerprint density at radius 1 is 1.62 bits per heavy atom. The van der Waals surface area contributed by atoms with Gasteiger partial charge >= 0.3 is 0 Å². The van der Waals surface area contributed by atoms with E-state index >= 15 is 0 Å². The fourth-order valence-electron chi connectivity index (χ4n) is 0.732. The van der Waals surface area contributed by atoms with Crippen molar-refractivity contribution in [2.75, 3.05) is 0 Å². The molecule has 1 aromatic heterocycles. The van der Waals surface area contributed by atoms with Crippen LogP contribution in [0.2, 0.25) is 0 Å². The molecule has 0 aromatic carbocycles. The van der Waals surface area contributed by atoms with E-state index in [-0.39, 0.29) is 5.69 Å². The minimum atomic E-state index is -2.87. The van der Waals surface area contributed by atoms with E-state index in [0.29, 0.717) is 3.57 Å². The standard InChI is InChI=1S/C7H3F2IN2O/c8-7(9)6-5(13)1-3(10)4(2-11)12-6/h1,7,13H. The van der Waals surface area contributed by atoms with Gasteiger partial charge in [-0.05, 0) is 28.7 Å². The molecule has 0 bridgehead atoms. The summed E-state index contributed by atoms with van der Waals surface area (Å²) in [6.07, 6.45) is -2.87. The Kier molecular flexibility index (Phi) is 2.98. The molecule has 0 atom stereocenters. The van der Waals surface area contributed by atoms with E-state index in [0.717, 1.165) is 6.07 Å². The van der Waals surface area contributed by atoms with Crippen LogP contribution >= 0.6 is 22.6 Å². The Hall–Kier alpha value is -0.970. The number of halogens is 3. The zero-order chi connectivity index (χ0) is 10.0. The van der Waals surface area contributed by atoms with E-state index in [1.807, 2.05) is 0 Å². The maximum Gasteiger partial charge on any atom is 0.284 e. The minimum Gasteiger partial charge on any atom is -0.506 e. The number of aromatic nitrogens is 1. The van der Waals surface area contributed by atoms with Gasteiger partial charge in [0.2, 0.25) is 0 Å². The molecule has 6 heteroatoms. The van der Waals surface area contributed by atoms with Crippen molar-refractivity contribution in [3.05, 3.63) is 21.0 Å². The van der Waals surface area contributed by atoms with Crippen LogP contribution in [-0.2, 0) is 0 Å². The van der Waals surface area contributed by atoms with Crippen molar-refractivity contribution in [1.82, 2.24) is 4.98 Å². The van der Waals surface area contributed by atoms with Crippen LogP contribution < -0.4 is 0 Å². The van der Waals surface area contributed by atoms with Gasteiger partial charge in [-0.3, -0.25) is 0 Å². The van der Waals surface area contributed by atoms with Crippen LogP contribution in [0.3, 0.4) is 0 Å². The fraction of sp³-hybridized carbons (Fsp3) is 0.143. The molecular formula is C7H3F2IN2O. The molecule has 0 aliphatic rings. The van der Waals surface area contributed by atoms with Crippen LogP contribution in [0.25, 0.3) is 0 Å². The Balaban J connectivity index is 3.33. The number of nitriles is 1. The summed E-state index contributed by atoms with van der Waals surface area (Å²) in [6.45, 7) is 0. The molecule has 0 saturated carbocycles. The smallest absolute Gasteiger partial charge is 0.284 e. The maximum atomic E-state index is 12.1. The first-order valence-corrected chi connectivity index (χ1v) is 4.21. The van der Waals surface area contributed by atoms with Crippen LogP contribution in [0.5, 0.6) is 5.75 Å². The molecule has 1 aromatic rings. The van der Waals surface area contributed by atoms with Gasteiger partial charge in [-0.1, -0.05) is 0 Å². The second-order valence-corrected chi connectivity index (χ2v) is 3.30. The van der Waals surface area contributed by atoms with Crippen LogP contribution in [-0.4, -0.2) is 10.1 Å². The summed E-state index contributed by atoms with van der Waals surface area (Å²) >= 11 is 1.74. The topological polar surface area (TPSA) is 56.9 Å². The zero-order valence-corrected chi connectivity index (χ0v) is 8.29. The van der Waals surface area contributed by atoms with Gasteiger partial charge in [-0.2, -0.15) is 5.26 Å². The Bertz CT molecular complexity index is 375. The Labute approximate surface area is 86.2 Å². The molecule has 0 aliphatic heterocycles. The lowest BCUT2D eigenvalue weighted by molar-refractivity contribution is 0.141. The fourth-order valence-corrected chi connectivity index (χ4v) is 1.27. The summed E-state index contributed by atoms with van der Waals surface area (Å²) in [5, 5.41) is 17.5. The van der Waals surface area contributed by atoms with Gasteiger partial charge in [0.1, 0.15) is 17.5 Å². The van der Waals surface area contributed by atoms with E-state index in [9.17, 15) is 8.78 Å². The van der Waals surface area contributed by atoms with Crippen molar-refractivity contribution in [2.24, 2.45) is 0 Å². The third kappa shape index (κ3) is 2.03. The highest BCUT2D eigenvalue weighted by Gasteiger charge is 2.17. The number of hydrogen-bond acceptors (Lipinski definition) is 3. The van der Waals surface area contributed by atoms with Crippen LogP contribution in [0.4, 0.5) is 8.78 Å². The summed E-state index contributed by atoms with van der Waals surface area (Å²) in [5.74, 6) is -0.585. The van der Waals surface area contributed by atoms with E-state index in [1.54, 1.807) is 28.7 Å². The molecule has 13 heavy (non-hydrogen) atoms. The third-order valence-corrected chi connectivity index (χ3v) is 2.12. The Morgan fingerprint density at radius 3 is 2.69 bits per heavy atom. The van der Waals surface area contributed by atoms with Crippen LogP contribution in [0, 0.1) is 14.9 Å². The normalized spacial score (nSPS) is 10.1. The summed E-state index contributed by atoms with van der Waals surface area (Å²) in [5.41, 5.74) is -0.856. The molecule has 0 saturated heterocycles. The first-order chi connectivity index (χ1) is 6.06. The highest BCUT2D eigenvalue weighted by Crippen LogP contribution is 2.28. The molecular weight excluding hydrogens is 293 g/mol. The molecule has 0 fully saturated rings. The lowest BCUT2D eigenvalue weighted by Crippen LogP contribution is -1.96. The van der Waals surface area contributed by atoms with Crippen molar-refractivity contribution >= 4 is 22.6 Å². The van der Waals surface area contributed by atoms with Gasteiger partial charge in [0, 0.05) is 0 Å². The SMILES string of the molecule is N#Cc1nc(C(F)F)c(O)cc1I. The average Bonchev–Trinajstić information content (AvgIpc) is 2.03. The van der Waals surface area contributed by atoms with Crippen molar-refractivity contribution in [1.29, 1.82) is 5.26 Å². The molecule has 0 aliphatic carbocycles. The first kappa shape index (κ1) is 10.1. The second-order valence-electron chi connectivity index (χ2n) is 2.14. The van der Waals surface area contributed by atoms with Crippen LogP contribution in [0.1, 0.15) is 17.8 Å². The predicted molar refractivity (Wildman–Crippen MR) is 48.3 cm³/mol.